The van der Waals surface area contributed by atoms with Gasteiger partial charge in [0.1, 0.15) is 11.6 Å². The number of nitriles is 1. The molecule has 0 bridgehead atoms. The van der Waals surface area contributed by atoms with Crippen molar-refractivity contribution in [2.45, 2.75) is 41.5 Å². The van der Waals surface area contributed by atoms with Crippen molar-refractivity contribution < 1.29 is 0 Å². The lowest BCUT2D eigenvalue weighted by molar-refractivity contribution is 0.928. The lowest BCUT2D eigenvalue weighted by Crippen LogP contribution is -2.01. The van der Waals surface area contributed by atoms with Gasteiger partial charge in [-0.3, -0.25) is 0 Å². The molecule has 0 amide bonds. The van der Waals surface area contributed by atoms with Crippen molar-refractivity contribution >= 4 is 21.8 Å². The van der Waals surface area contributed by atoms with Crippen LogP contribution in [0.25, 0.3) is 61.1 Å². The van der Waals surface area contributed by atoms with Crippen molar-refractivity contribution in [3.8, 4) is 45.4 Å². The number of hydrogen-bond acceptors (Lipinski definition) is 4. The first-order chi connectivity index (χ1) is 21.7. The van der Waals surface area contributed by atoms with Crippen molar-refractivity contribution in [2.75, 3.05) is 0 Å². The van der Waals surface area contributed by atoms with Gasteiger partial charge in [-0.2, -0.15) is 5.26 Å². The van der Waals surface area contributed by atoms with E-state index in [1.54, 1.807) is 0 Å². The minimum absolute atomic E-state index is 0.513. The SMILES string of the molecule is Cc1cc(C)cc(-c2ccc3c4ccc(-c5cc(C)cc(C)c5)cc4n(-c4ccc(-c5nc(C)nc(C)n5)c(C#N)c4)c3c2)c1. The molecule has 0 aliphatic carbocycles. The lowest BCUT2D eigenvalue weighted by atomic mass is 9.98. The number of benzene rings is 5. The second kappa shape index (κ2) is 10.8. The van der Waals surface area contributed by atoms with Crippen LogP contribution in [0, 0.1) is 52.9 Å². The van der Waals surface area contributed by atoms with Gasteiger partial charge < -0.3 is 4.57 Å². The van der Waals surface area contributed by atoms with Gasteiger partial charge in [0.25, 0.3) is 0 Å². The van der Waals surface area contributed by atoms with Crippen LogP contribution in [0.2, 0.25) is 0 Å². The molecule has 7 rings (SSSR count). The number of fused-ring (bicyclic) bond motifs is 3. The average molecular weight is 584 g/mol. The van der Waals surface area contributed by atoms with E-state index in [1.807, 2.05) is 26.0 Å². The van der Waals surface area contributed by atoms with Gasteiger partial charge in [-0.25, -0.2) is 15.0 Å². The quantitative estimate of drug-likeness (QED) is 0.207. The normalized spacial score (nSPS) is 11.3. The summed E-state index contributed by atoms with van der Waals surface area (Å²) in [5.41, 5.74) is 13.9. The molecule has 7 aromatic rings. The van der Waals surface area contributed by atoms with Crippen LogP contribution in [0.3, 0.4) is 0 Å². The molecule has 0 saturated carbocycles. The zero-order valence-corrected chi connectivity index (χ0v) is 26.4. The zero-order valence-electron chi connectivity index (χ0n) is 26.4. The molecule has 2 heterocycles. The van der Waals surface area contributed by atoms with Crippen LogP contribution in [0.15, 0.2) is 91.0 Å². The summed E-state index contributed by atoms with van der Waals surface area (Å²) >= 11 is 0. The fraction of sp³-hybridized carbons (Fsp3) is 0.150. The van der Waals surface area contributed by atoms with Crippen molar-refractivity contribution in [2.24, 2.45) is 0 Å². The first kappa shape index (κ1) is 28.2. The van der Waals surface area contributed by atoms with Gasteiger partial charge in [0, 0.05) is 22.0 Å². The van der Waals surface area contributed by atoms with Crippen molar-refractivity contribution in [3.05, 3.63) is 130 Å². The summed E-state index contributed by atoms with van der Waals surface area (Å²) in [6.45, 7) is 12.2. The molecule has 45 heavy (non-hydrogen) atoms. The van der Waals surface area contributed by atoms with Crippen LogP contribution in [0.5, 0.6) is 0 Å². The molecular weight excluding hydrogens is 550 g/mol. The van der Waals surface area contributed by atoms with Gasteiger partial charge in [-0.05, 0) is 94.1 Å². The van der Waals surface area contributed by atoms with E-state index in [1.165, 1.54) is 33.4 Å². The maximum atomic E-state index is 10.3. The van der Waals surface area contributed by atoms with E-state index in [0.29, 0.717) is 28.6 Å². The van der Waals surface area contributed by atoms with E-state index in [2.05, 4.69) is 132 Å². The second-order valence-corrected chi connectivity index (χ2v) is 12.1. The van der Waals surface area contributed by atoms with Gasteiger partial charge in [0.2, 0.25) is 0 Å². The van der Waals surface area contributed by atoms with Gasteiger partial charge in [0.05, 0.1) is 22.7 Å². The molecule has 218 valence electrons. The number of aryl methyl sites for hydroxylation is 6. The second-order valence-electron chi connectivity index (χ2n) is 12.1. The van der Waals surface area contributed by atoms with Crippen LogP contribution in [-0.4, -0.2) is 19.5 Å². The smallest absolute Gasteiger partial charge is 0.164 e. The van der Waals surface area contributed by atoms with E-state index in [4.69, 9.17) is 0 Å². The van der Waals surface area contributed by atoms with E-state index >= 15 is 0 Å². The van der Waals surface area contributed by atoms with Gasteiger partial charge in [-0.1, -0.05) is 82.9 Å². The number of rotatable bonds is 4. The van der Waals surface area contributed by atoms with Crippen LogP contribution in [0.4, 0.5) is 0 Å². The Hall–Kier alpha value is -5.60. The minimum atomic E-state index is 0.513. The molecule has 5 nitrogen and oxygen atoms in total. The summed E-state index contributed by atoms with van der Waals surface area (Å²) in [5, 5.41) is 12.7. The first-order valence-corrected chi connectivity index (χ1v) is 15.2. The molecule has 0 unspecified atom stereocenters. The Labute approximate surface area is 263 Å². The van der Waals surface area contributed by atoms with Crippen molar-refractivity contribution in [3.63, 3.8) is 0 Å². The summed E-state index contributed by atoms with van der Waals surface area (Å²) in [6.07, 6.45) is 0. The summed E-state index contributed by atoms with van der Waals surface area (Å²) < 4.78 is 2.29. The molecule has 0 atom stereocenters. The molecule has 2 aromatic heterocycles. The highest BCUT2D eigenvalue weighted by Crippen LogP contribution is 2.38. The summed E-state index contributed by atoms with van der Waals surface area (Å²) in [5.74, 6) is 1.77. The zero-order chi connectivity index (χ0) is 31.4. The topological polar surface area (TPSA) is 67.4 Å². The Balaban J connectivity index is 1.51. The highest BCUT2D eigenvalue weighted by Gasteiger charge is 2.18. The highest BCUT2D eigenvalue weighted by molar-refractivity contribution is 6.11. The molecule has 5 heteroatoms. The monoisotopic (exact) mass is 583 g/mol. The number of hydrogen-bond donors (Lipinski definition) is 0. The fourth-order valence-corrected chi connectivity index (χ4v) is 6.63. The van der Waals surface area contributed by atoms with Gasteiger partial charge in [-0.15, -0.1) is 0 Å². The van der Waals surface area contributed by atoms with Crippen LogP contribution >= 0.6 is 0 Å². The van der Waals surface area contributed by atoms with Crippen LogP contribution in [-0.2, 0) is 0 Å². The van der Waals surface area contributed by atoms with Crippen molar-refractivity contribution in [1.29, 1.82) is 5.26 Å². The summed E-state index contributed by atoms with van der Waals surface area (Å²) in [6, 6.07) is 35.2. The van der Waals surface area contributed by atoms with Crippen LogP contribution in [0.1, 0.15) is 39.5 Å². The third kappa shape index (κ3) is 5.15. The Morgan fingerprint density at radius 3 is 1.47 bits per heavy atom. The average Bonchev–Trinajstić information content (AvgIpc) is 3.32. The standard InChI is InChI=1S/C40H33N5/c1-23-13-24(2)16-31(15-23)29-7-10-36-37-11-8-30(32-17-25(3)14-26(4)18-32)21-39(37)45(38(36)20-29)34-9-12-35(33(19-34)22-41)40-43-27(5)42-28(6)44-40/h7-21H,1-6H3. The third-order valence-corrected chi connectivity index (χ3v) is 8.36. The third-order valence-electron chi connectivity index (χ3n) is 8.36. The molecule has 0 saturated heterocycles. The van der Waals surface area contributed by atoms with E-state index < -0.39 is 0 Å². The summed E-state index contributed by atoms with van der Waals surface area (Å²) in [7, 11) is 0. The molecular formula is C40H33N5. The first-order valence-electron chi connectivity index (χ1n) is 15.2. The summed E-state index contributed by atoms with van der Waals surface area (Å²) in [4.78, 5) is 13.4. The Kier molecular flexibility index (Phi) is 6.79. The maximum Gasteiger partial charge on any atom is 0.164 e. The van der Waals surface area contributed by atoms with E-state index in [-0.39, 0.29) is 0 Å². The van der Waals surface area contributed by atoms with E-state index in [9.17, 15) is 5.26 Å². The Morgan fingerprint density at radius 2 is 1.00 bits per heavy atom. The van der Waals surface area contributed by atoms with Gasteiger partial charge in [0.15, 0.2) is 5.82 Å². The fourth-order valence-electron chi connectivity index (χ4n) is 6.63. The molecule has 0 aliphatic rings. The predicted molar refractivity (Wildman–Crippen MR) is 184 cm³/mol. The van der Waals surface area contributed by atoms with Gasteiger partial charge >= 0.3 is 0 Å². The number of aromatic nitrogens is 4. The molecule has 0 spiro atoms. The molecule has 0 radical (unpaired) electrons. The molecule has 5 aromatic carbocycles. The number of nitrogens with zero attached hydrogens (tertiary/aromatic N) is 5. The van der Waals surface area contributed by atoms with Crippen molar-refractivity contribution in [1.82, 2.24) is 19.5 Å². The largest absolute Gasteiger partial charge is 0.309 e. The van der Waals surface area contributed by atoms with Crippen LogP contribution < -0.4 is 0 Å². The molecule has 0 N–H and O–H groups in total. The Morgan fingerprint density at radius 1 is 0.511 bits per heavy atom. The molecule has 0 aliphatic heterocycles. The minimum Gasteiger partial charge on any atom is -0.309 e. The maximum absolute atomic E-state index is 10.3. The lowest BCUT2D eigenvalue weighted by Gasteiger charge is -2.13. The highest BCUT2D eigenvalue weighted by atomic mass is 15.0. The Bertz CT molecular complexity index is 2180. The predicted octanol–water partition coefficient (Wildman–Crippen LogP) is 9.69. The van der Waals surface area contributed by atoms with E-state index in [0.717, 1.165) is 38.6 Å². The molecule has 0 fully saturated rings.